The summed E-state index contributed by atoms with van der Waals surface area (Å²) in [4.78, 5) is 11.8. The predicted molar refractivity (Wildman–Crippen MR) is 77.7 cm³/mol. The van der Waals surface area contributed by atoms with Crippen molar-refractivity contribution in [1.29, 1.82) is 0 Å². The zero-order chi connectivity index (χ0) is 14.6. The SMILES string of the molecule is CC(C)(C)OC(=O)NC1CCOC(C2CCNCC2)C1. The molecule has 116 valence electrons. The number of rotatable bonds is 2. The molecular formula is C15H28N2O3. The Morgan fingerprint density at radius 2 is 1.95 bits per heavy atom. The van der Waals surface area contributed by atoms with Crippen LogP contribution in [0.1, 0.15) is 46.5 Å². The number of hydrogen-bond acceptors (Lipinski definition) is 4. The smallest absolute Gasteiger partial charge is 0.407 e. The highest BCUT2D eigenvalue weighted by molar-refractivity contribution is 5.68. The fourth-order valence-electron chi connectivity index (χ4n) is 2.98. The summed E-state index contributed by atoms with van der Waals surface area (Å²) >= 11 is 0. The average Bonchev–Trinajstić information content (AvgIpc) is 2.38. The monoisotopic (exact) mass is 284 g/mol. The van der Waals surface area contributed by atoms with E-state index < -0.39 is 5.60 Å². The van der Waals surface area contributed by atoms with Crippen molar-refractivity contribution in [1.82, 2.24) is 10.6 Å². The first-order chi connectivity index (χ1) is 9.44. The van der Waals surface area contributed by atoms with Crippen molar-refractivity contribution < 1.29 is 14.3 Å². The van der Waals surface area contributed by atoms with Crippen molar-refractivity contribution in [3.63, 3.8) is 0 Å². The van der Waals surface area contributed by atoms with Gasteiger partial charge in [0.05, 0.1) is 6.10 Å². The second-order valence-electron chi connectivity index (χ2n) is 6.86. The van der Waals surface area contributed by atoms with Gasteiger partial charge in [-0.05, 0) is 65.5 Å². The fraction of sp³-hybridized carbons (Fsp3) is 0.933. The molecule has 0 radical (unpaired) electrons. The van der Waals surface area contributed by atoms with Gasteiger partial charge in [0.2, 0.25) is 0 Å². The third-order valence-electron chi connectivity index (χ3n) is 3.95. The number of carbonyl (C=O) groups excluding carboxylic acids is 1. The second kappa shape index (κ2) is 6.76. The van der Waals surface area contributed by atoms with Gasteiger partial charge < -0.3 is 20.1 Å². The summed E-state index contributed by atoms with van der Waals surface area (Å²) in [7, 11) is 0. The summed E-state index contributed by atoms with van der Waals surface area (Å²) in [6.45, 7) is 8.54. The highest BCUT2D eigenvalue weighted by atomic mass is 16.6. The van der Waals surface area contributed by atoms with Gasteiger partial charge in [0.15, 0.2) is 0 Å². The molecule has 0 bridgehead atoms. The van der Waals surface area contributed by atoms with Gasteiger partial charge in [-0.15, -0.1) is 0 Å². The molecule has 2 aliphatic rings. The molecule has 0 aromatic rings. The van der Waals surface area contributed by atoms with E-state index in [2.05, 4.69) is 10.6 Å². The Kier molecular flexibility index (Phi) is 5.27. The second-order valence-corrected chi connectivity index (χ2v) is 6.86. The minimum absolute atomic E-state index is 0.179. The van der Waals surface area contributed by atoms with Gasteiger partial charge in [0, 0.05) is 12.6 Å². The molecule has 5 nitrogen and oxygen atoms in total. The number of piperidine rings is 1. The first-order valence-corrected chi connectivity index (χ1v) is 7.76. The summed E-state index contributed by atoms with van der Waals surface area (Å²) in [6.07, 6.45) is 4.09. The van der Waals surface area contributed by atoms with Crippen LogP contribution in [0.3, 0.4) is 0 Å². The standard InChI is InChI=1S/C15H28N2O3/c1-15(2,3)20-14(18)17-12-6-9-19-13(10-12)11-4-7-16-8-5-11/h11-13,16H,4-10H2,1-3H3,(H,17,18). The lowest BCUT2D eigenvalue weighted by Crippen LogP contribution is -2.47. The Morgan fingerprint density at radius 1 is 1.25 bits per heavy atom. The minimum Gasteiger partial charge on any atom is -0.444 e. The van der Waals surface area contributed by atoms with Crippen LogP contribution in [0.4, 0.5) is 4.79 Å². The summed E-state index contributed by atoms with van der Waals surface area (Å²) in [5.41, 5.74) is -0.441. The van der Waals surface area contributed by atoms with Gasteiger partial charge in [0.25, 0.3) is 0 Å². The maximum Gasteiger partial charge on any atom is 0.407 e. The van der Waals surface area contributed by atoms with E-state index in [1.54, 1.807) is 0 Å². The average molecular weight is 284 g/mol. The normalized spacial score (nSPS) is 28.9. The number of hydrogen-bond donors (Lipinski definition) is 2. The first kappa shape index (κ1) is 15.6. The minimum atomic E-state index is -0.441. The van der Waals surface area contributed by atoms with E-state index in [1.165, 1.54) is 12.8 Å². The maximum atomic E-state index is 11.8. The molecule has 2 saturated heterocycles. The fourth-order valence-corrected chi connectivity index (χ4v) is 2.98. The third-order valence-corrected chi connectivity index (χ3v) is 3.95. The molecule has 2 aliphatic heterocycles. The van der Waals surface area contributed by atoms with E-state index in [0.29, 0.717) is 5.92 Å². The molecule has 2 rings (SSSR count). The lowest BCUT2D eigenvalue weighted by atomic mass is 9.86. The summed E-state index contributed by atoms with van der Waals surface area (Å²) < 4.78 is 11.2. The Labute approximate surface area is 121 Å². The van der Waals surface area contributed by atoms with Crippen LogP contribution in [0, 0.1) is 5.92 Å². The van der Waals surface area contributed by atoms with Crippen molar-refractivity contribution >= 4 is 6.09 Å². The van der Waals surface area contributed by atoms with Gasteiger partial charge in [-0.2, -0.15) is 0 Å². The topological polar surface area (TPSA) is 59.6 Å². The van der Waals surface area contributed by atoms with Gasteiger partial charge in [-0.1, -0.05) is 0 Å². The van der Waals surface area contributed by atoms with Crippen LogP contribution in [0.25, 0.3) is 0 Å². The molecule has 0 aliphatic carbocycles. The molecule has 2 atom stereocenters. The van der Waals surface area contributed by atoms with Crippen molar-refractivity contribution in [2.75, 3.05) is 19.7 Å². The first-order valence-electron chi connectivity index (χ1n) is 7.76. The number of nitrogens with one attached hydrogen (secondary N) is 2. The molecule has 0 spiro atoms. The van der Waals surface area contributed by atoms with Crippen LogP contribution >= 0.6 is 0 Å². The Bertz CT molecular complexity index is 322. The largest absolute Gasteiger partial charge is 0.444 e. The van der Waals surface area contributed by atoms with E-state index in [4.69, 9.17) is 9.47 Å². The van der Waals surface area contributed by atoms with Crippen LogP contribution in [0.5, 0.6) is 0 Å². The van der Waals surface area contributed by atoms with E-state index >= 15 is 0 Å². The third kappa shape index (κ3) is 4.94. The Balaban J connectivity index is 1.79. The molecule has 0 saturated carbocycles. The molecular weight excluding hydrogens is 256 g/mol. The van der Waals surface area contributed by atoms with Crippen LogP contribution in [0.15, 0.2) is 0 Å². The van der Waals surface area contributed by atoms with Crippen molar-refractivity contribution in [2.45, 2.75) is 64.2 Å². The van der Waals surface area contributed by atoms with Crippen LogP contribution in [0.2, 0.25) is 0 Å². The zero-order valence-electron chi connectivity index (χ0n) is 12.9. The molecule has 2 unspecified atom stereocenters. The number of ether oxygens (including phenoxy) is 2. The number of carbonyl (C=O) groups is 1. The summed E-state index contributed by atoms with van der Waals surface area (Å²) in [6, 6.07) is 0.179. The lowest BCUT2D eigenvalue weighted by Gasteiger charge is -2.37. The van der Waals surface area contributed by atoms with Gasteiger partial charge in [0.1, 0.15) is 5.60 Å². The number of alkyl carbamates (subject to hydrolysis) is 1. The van der Waals surface area contributed by atoms with Crippen LogP contribution in [-0.4, -0.2) is 43.5 Å². The summed E-state index contributed by atoms with van der Waals surface area (Å²) in [5, 5.41) is 6.37. The van der Waals surface area contributed by atoms with Gasteiger partial charge in [-0.3, -0.25) is 0 Å². The lowest BCUT2D eigenvalue weighted by molar-refractivity contribution is -0.0410. The zero-order valence-corrected chi connectivity index (χ0v) is 12.9. The Morgan fingerprint density at radius 3 is 2.60 bits per heavy atom. The highest BCUT2D eigenvalue weighted by Gasteiger charge is 2.31. The van der Waals surface area contributed by atoms with E-state index in [-0.39, 0.29) is 18.2 Å². The number of amides is 1. The van der Waals surface area contributed by atoms with Gasteiger partial charge >= 0.3 is 6.09 Å². The van der Waals surface area contributed by atoms with E-state index in [1.807, 2.05) is 20.8 Å². The molecule has 5 heteroatoms. The van der Waals surface area contributed by atoms with E-state index in [0.717, 1.165) is 32.5 Å². The molecule has 20 heavy (non-hydrogen) atoms. The molecule has 2 heterocycles. The van der Waals surface area contributed by atoms with Crippen LogP contribution in [-0.2, 0) is 9.47 Å². The quantitative estimate of drug-likeness (QED) is 0.815. The highest BCUT2D eigenvalue weighted by Crippen LogP contribution is 2.26. The van der Waals surface area contributed by atoms with Crippen LogP contribution < -0.4 is 10.6 Å². The maximum absolute atomic E-state index is 11.8. The van der Waals surface area contributed by atoms with E-state index in [9.17, 15) is 4.79 Å². The molecule has 2 N–H and O–H groups in total. The summed E-state index contributed by atoms with van der Waals surface area (Å²) in [5.74, 6) is 0.625. The molecule has 2 fully saturated rings. The predicted octanol–water partition coefficient (Wildman–Crippen LogP) is 2.06. The molecule has 0 aromatic heterocycles. The van der Waals surface area contributed by atoms with Gasteiger partial charge in [-0.25, -0.2) is 4.79 Å². The Hall–Kier alpha value is -0.810. The van der Waals surface area contributed by atoms with Crippen molar-refractivity contribution in [3.05, 3.63) is 0 Å². The van der Waals surface area contributed by atoms with Crippen molar-refractivity contribution in [2.24, 2.45) is 5.92 Å². The molecule has 1 amide bonds. The van der Waals surface area contributed by atoms with Crippen molar-refractivity contribution in [3.8, 4) is 0 Å². The molecule has 0 aromatic carbocycles.